The van der Waals surface area contributed by atoms with Crippen molar-refractivity contribution >= 4 is 49.3 Å². The van der Waals surface area contributed by atoms with Crippen molar-refractivity contribution in [2.24, 2.45) is 0 Å². The highest BCUT2D eigenvalue weighted by molar-refractivity contribution is 7.94. The van der Waals surface area contributed by atoms with Gasteiger partial charge in [-0.15, -0.1) is 22.7 Å². The summed E-state index contributed by atoms with van der Waals surface area (Å²) in [5.41, 5.74) is 2.31. The molecular formula is C21H23N5O2S3. The lowest BCUT2D eigenvalue weighted by Gasteiger charge is -2.26. The van der Waals surface area contributed by atoms with Crippen molar-refractivity contribution < 1.29 is 8.42 Å². The summed E-state index contributed by atoms with van der Waals surface area (Å²) >= 11 is 2.90. The number of para-hydroxylation sites is 1. The average molecular weight is 474 g/mol. The Labute approximate surface area is 189 Å². The quantitative estimate of drug-likeness (QED) is 0.447. The number of thiophene rings is 1. The maximum atomic E-state index is 13.0. The number of benzene rings is 1. The highest BCUT2D eigenvalue weighted by Gasteiger charge is 2.24. The summed E-state index contributed by atoms with van der Waals surface area (Å²) in [7, 11) is -2.00. The SMILES string of the molecule is CN(c1cccc2cc(-c3ncc(CN4CCNCC4)s3)[nH]c12)S(=O)(=O)c1cccs1. The van der Waals surface area contributed by atoms with Crippen molar-refractivity contribution in [2.75, 3.05) is 37.5 Å². The summed E-state index contributed by atoms with van der Waals surface area (Å²) in [5, 5.41) is 7.02. The molecular weight excluding hydrogens is 450 g/mol. The van der Waals surface area contributed by atoms with Gasteiger partial charge < -0.3 is 10.3 Å². The normalized spacial score (nSPS) is 15.5. The van der Waals surface area contributed by atoms with Crippen LogP contribution >= 0.6 is 22.7 Å². The van der Waals surface area contributed by atoms with Crippen LogP contribution in [0.3, 0.4) is 0 Å². The number of H-pyrrole nitrogens is 1. The molecule has 4 heterocycles. The lowest BCUT2D eigenvalue weighted by molar-refractivity contribution is 0.235. The summed E-state index contributed by atoms with van der Waals surface area (Å²) in [4.78, 5) is 11.7. The van der Waals surface area contributed by atoms with Gasteiger partial charge >= 0.3 is 0 Å². The van der Waals surface area contributed by atoms with E-state index in [2.05, 4.69) is 20.2 Å². The van der Waals surface area contributed by atoms with Gasteiger partial charge in [-0.25, -0.2) is 13.4 Å². The molecule has 1 aliphatic heterocycles. The van der Waals surface area contributed by atoms with Gasteiger partial charge in [0.1, 0.15) is 9.22 Å². The number of thiazole rings is 1. The molecule has 7 nitrogen and oxygen atoms in total. The van der Waals surface area contributed by atoms with Crippen LogP contribution in [-0.4, -0.2) is 56.5 Å². The van der Waals surface area contributed by atoms with E-state index in [1.807, 2.05) is 30.5 Å². The number of sulfonamides is 1. The van der Waals surface area contributed by atoms with E-state index >= 15 is 0 Å². The summed E-state index contributed by atoms with van der Waals surface area (Å²) in [6, 6.07) is 11.1. The molecule has 1 aromatic carbocycles. The molecule has 31 heavy (non-hydrogen) atoms. The molecule has 10 heteroatoms. The molecule has 4 aromatic rings. The predicted octanol–water partition coefficient (Wildman–Crippen LogP) is 3.58. The highest BCUT2D eigenvalue weighted by Crippen LogP contribution is 2.34. The van der Waals surface area contributed by atoms with E-state index in [0.29, 0.717) is 9.90 Å². The molecule has 0 spiro atoms. The third-order valence-corrected chi connectivity index (χ3v) is 9.62. The van der Waals surface area contributed by atoms with Gasteiger partial charge in [0.25, 0.3) is 10.0 Å². The number of nitrogens with zero attached hydrogens (tertiary/aromatic N) is 3. The van der Waals surface area contributed by atoms with Gasteiger partial charge in [-0.1, -0.05) is 18.2 Å². The molecule has 2 N–H and O–H groups in total. The number of rotatable bonds is 6. The molecule has 0 radical (unpaired) electrons. The van der Waals surface area contributed by atoms with Crippen LogP contribution in [-0.2, 0) is 16.6 Å². The van der Waals surface area contributed by atoms with Gasteiger partial charge in [-0.05, 0) is 23.6 Å². The minimum atomic E-state index is -3.60. The van der Waals surface area contributed by atoms with Crippen molar-refractivity contribution in [1.82, 2.24) is 20.2 Å². The largest absolute Gasteiger partial charge is 0.351 e. The first-order valence-corrected chi connectivity index (χ1v) is 13.2. The fourth-order valence-electron chi connectivity index (χ4n) is 3.79. The summed E-state index contributed by atoms with van der Waals surface area (Å²) in [6.45, 7) is 5.06. The number of hydrogen-bond donors (Lipinski definition) is 2. The molecule has 0 amide bonds. The highest BCUT2D eigenvalue weighted by atomic mass is 32.2. The Balaban J connectivity index is 1.45. The van der Waals surface area contributed by atoms with E-state index in [4.69, 9.17) is 0 Å². The Morgan fingerprint density at radius 2 is 2.03 bits per heavy atom. The van der Waals surface area contributed by atoms with Crippen molar-refractivity contribution in [2.45, 2.75) is 10.8 Å². The standard InChI is InChI=1S/C21H23N5O2S3/c1-25(31(27,28)19-6-3-11-29-19)18-5-2-4-15-12-17(24-20(15)18)21-23-13-16(30-21)14-26-9-7-22-8-10-26/h2-6,11-13,22,24H,7-10,14H2,1H3. The molecule has 0 aliphatic carbocycles. The summed E-state index contributed by atoms with van der Waals surface area (Å²) < 4.78 is 27.7. The van der Waals surface area contributed by atoms with Gasteiger partial charge in [-0.3, -0.25) is 9.21 Å². The molecule has 0 atom stereocenters. The van der Waals surface area contributed by atoms with Crippen LogP contribution in [0.15, 0.2) is 52.2 Å². The first kappa shape index (κ1) is 20.7. The van der Waals surface area contributed by atoms with Crippen LogP contribution in [0.1, 0.15) is 4.88 Å². The van der Waals surface area contributed by atoms with Crippen LogP contribution in [0, 0.1) is 0 Å². The predicted molar refractivity (Wildman–Crippen MR) is 127 cm³/mol. The molecule has 162 valence electrons. The number of aromatic nitrogens is 2. The van der Waals surface area contributed by atoms with Crippen molar-refractivity contribution in [1.29, 1.82) is 0 Å². The Kier molecular flexibility index (Phi) is 5.57. The average Bonchev–Trinajstić information content (AvgIpc) is 3.53. The Bertz CT molecular complexity index is 1290. The molecule has 1 fully saturated rings. The van der Waals surface area contributed by atoms with Gasteiger partial charge in [0.15, 0.2) is 0 Å². The lowest BCUT2D eigenvalue weighted by Crippen LogP contribution is -2.42. The topological polar surface area (TPSA) is 81.3 Å². The molecule has 1 aliphatic rings. The van der Waals surface area contributed by atoms with E-state index in [1.54, 1.807) is 35.9 Å². The second kappa shape index (κ2) is 8.36. The van der Waals surface area contributed by atoms with Gasteiger partial charge in [0, 0.05) is 56.2 Å². The van der Waals surface area contributed by atoms with Crippen LogP contribution in [0.2, 0.25) is 0 Å². The van der Waals surface area contributed by atoms with Crippen LogP contribution in [0.4, 0.5) is 5.69 Å². The van der Waals surface area contributed by atoms with Crippen molar-refractivity contribution in [3.05, 3.63) is 52.9 Å². The van der Waals surface area contributed by atoms with Gasteiger partial charge in [0.2, 0.25) is 0 Å². The molecule has 0 saturated carbocycles. The molecule has 3 aromatic heterocycles. The number of hydrogen-bond acceptors (Lipinski definition) is 7. The van der Waals surface area contributed by atoms with E-state index in [9.17, 15) is 8.42 Å². The van der Waals surface area contributed by atoms with E-state index in [1.165, 1.54) is 20.5 Å². The number of aromatic amines is 1. The van der Waals surface area contributed by atoms with Crippen molar-refractivity contribution in [3.63, 3.8) is 0 Å². The van der Waals surface area contributed by atoms with Crippen LogP contribution in [0.25, 0.3) is 21.6 Å². The van der Waals surface area contributed by atoms with Crippen molar-refractivity contribution in [3.8, 4) is 10.7 Å². The second-order valence-corrected chi connectivity index (χ2v) is 11.7. The fraction of sp³-hybridized carbons (Fsp3) is 0.286. The monoisotopic (exact) mass is 473 g/mol. The zero-order valence-electron chi connectivity index (χ0n) is 17.0. The summed E-state index contributed by atoms with van der Waals surface area (Å²) in [5.74, 6) is 0. The number of fused-ring (bicyclic) bond motifs is 1. The lowest BCUT2D eigenvalue weighted by atomic mass is 10.2. The molecule has 1 saturated heterocycles. The maximum absolute atomic E-state index is 13.0. The van der Waals surface area contributed by atoms with Crippen LogP contribution in [0.5, 0.6) is 0 Å². The first-order chi connectivity index (χ1) is 15.0. The Hall–Kier alpha value is -2.24. The van der Waals surface area contributed by atoms with E-state index in [-0.39, 0.29) is 0 Å². The zero-order chi connectivity index (χ0) is 21.4. The number of piperazine rings is 1. The smallest absolute Gasteiger partial charge is 0.273 e. The number of nitrogens with one attached hydrogen (secondary N) is 2. The van der Waals surface area contributed by atoms with Gasteiger partial charge in [0.05, 0.1) is 16.9 Å². The summed E-state index contributed by atoms with van der Waals surface area (Å²) in [6.07, 6.45) is 1.95. The van der Waals surface area contributed by atoms with E-state index in [0.717, 1.165) is 54.3 Å². The Morgan fingerprint density at radius 3 is 2.81 bits per heavy atom. The number of anilines is 1. The molecule has 0 unspecified atom stereocenters. The minimum absolute atomic E-state index is 0.330. The van der Waals surface area contributed by atoms with Crippen LogP contribution < -0.4 is 9.62 Å². The minimum Gasteiger partial charge on any atom is -0.351 e. The molecule has 5 rings (SSSR count). The first-order valence-electron chi connectivity index (χ1n) is 10.0. The van der Waals surface area contributed by atoms with E-state index < -0.39 is 10.0 Å². The maximum Gasteiger partial charge on any atom is 0.273 e. The third kappa shape index (κ3) is 4.01. The zero-order valence-corrected chi connectivity index (χ0v) is 19.5. The Morgan fingerprint density at radius 1 is 1.19 bits per heavy atom. The second-order valence-electron chi connectivity index (χ2n) is 7.49. The fourth-order valence-corrected chi connectivity index (χ4v) is 7.08. The van der Waals surface area contributed by atoms with Gasteiger partial charge in [-0.2, -0.15) is 0 Å². The molecule has 0 bridgehead atoms. The third-order valence-electron chi connectivity index (χ3n) is 5.46.